The van der Waals surface area contributed by atoms with Crippen LogP contribution in [0.2, 0.25) is 0 Å². The summed E-state index contributed by atoms with van der Waals surface area (Å²) in [5, 5.41) is 6.27. The molecule has 3 unspecified atom stereocenters. The Balaban J connectivity index is 1.91. The van der Waals surface area contributed by atoms with Gasteiger partial charge in [-0.05, 0) is 37.8 Å². The van der Waals surface area contributed by atoms with E-state index in [-0.39, 0.29) is 20.8 Å². The fourth-order valence-corrected chi connectivity index (χ4v) is 4.16. The van der Waals surface area contributed by atoms with E-state index in [9.17, 15) is 9.59 Å². The van der Waals surface area contributed by atoms with Gasteiger partial charge in [-0.25, -0.2) is 9.60 Å². The second-order valence-corrected chi connectivity index (χ2v) is 8.34. The van der Waals surface area contributed by atoms with Gasteiger partial charge in [0.15, 0.2) is 0 Å². The van der Waals surface area contributed by atoms with Crippen LogP contribution in [0.4, 0.5) is 0 Å². The largest absolute Gasteiger partial charge is 0.465 e. The van der Waals surface area contributed by atoms with Crippen molar-refractivity contribution in [1.82, 2.24) is 10.2 Å². The van der Waals surface area contributed by atoms with Gasteiger partial charge in [0.1, 0.15) is 12.1 Å². The van der Waals surface area contributed by atoms with Crippen molar-refractivity contribution in [3.05, 3.63) is 71.8 Å². The highest BCUT2D eigenvalue weighted by atomic mass is 31.1. The molecule has 0 saturated carbocycles. The second-order valence-electron chi connectivity index (χ2n) is 6.57. The van der Waals surface area contributed by atoms with E-state index in [1.807, 2.05) is 60.7 Å². The molecule has 2 aromatic carbocycles. The Hall–Kier alpha value is -2.17. The maximum atomic E-state index is 12.3. The molecule has 0 saturated heterocycles. The summed E-state index contributed by atoms with van der Waals surface area (Å²) in [6, 6.07) is 18.5. The van der Waals surface area contributed by atoms with Crippen LogP contribution in [0.1, 0.15) is 25.0 Å². The molecule has 166 valence electrons. The zero-order chi connectivity index (χ0) is 22.3. The first-order valence-electron chi connectivity index (χ1n) is 10.2. The average Bonchev–Trinajstić information content (AvgIpc) is 2.79. The minimum atomic E-state index is -0.497. The van der Waals surface area contributed by atoms with E-state index in [0.29, 0.717) is 34.6 Å². The molecule has 31 heavy (non-hydrogen) atoms. The summed E-state index contributed by atoms with van der Waals surface area (Å²) in [5.74, 6) is -0.606. The number of hydrogen-bond donors (Lipinski definition) is 2. The number of carbonyl (C=O) groups is 2. The van der Waals surface area contributed by atoms with E-state index in [0.717, 1.165) is 11.1 Å². The van der Waals surface area contributed by atoms with Crippen LogP contribution < -0.4 is 10.2 Å². The SMILES string of the molecule is CCOC(=O)C(Cc1ccccc1)NP=NPNC(Cc1ccccc1)C(=O)OCC. The van der Waals surface area contributed by atoms with Crippen LogP contribution >= 0.6 is 17.4 Å². The fraction of sp³-hybridized carbons (Fsp3) is 0.364. The van der Waals surface area contributed by atoms with Crippen LogP contribution in [0.25, 0.3) is 0 Å². The number of esters is 2. The lowest BCUT2D eigenvalue weighted by atomic mass is 10.1. The van der Waals surface area contributed by atoms with Gasteiger partial charge in [-0.1, -0.05) is 60.7 Å². The minimum Gasteiger partial charge on any atom is -0.465 e. The molecule has 0 spiro atoms. The van der Waals surface area contributed by atoms with Gasteiger partial charge in [-0.15, -0.1) is 0 Å². The third-order valence-corrected chi connectivity index (χ3v) is 5.96. The van der Waals surface area contributed by atoms with Crippen LogP contribution in [-0.2, 0) is 31.9 Å². The molecule has 0 radical (unpaired) electrons. The molecule has 0 aliphatic heterocycles. The maximum absolute atomic E-state index is 12.3. The smallest absolute Gasteiger partial charge is 0.324 e. The number of ether oxygens (including phenoxy) is 2. The average molecular weight is 461 g/mol. The number of nitrogens with one attached hydrogen (secondary N) is 2. The van der Waals surface area contributed by atoms with Crippen LogP contribution in [-0.4, -0.2) is 37.2 Å². The summed E-state index contributed by atoms with van der Waals surface area (Å²) in [6.45, 7) is 4.22. The molecule has 2 rings (SSSR count). The van der Waals surface area contributed by atoms with E-state index < -0.39 is 12.1 Å². The van der Waals surface area contributed by atoms with Crippen molar-refractivity contribution >= 4 is 29.3 Å². The Bertz CT molecular complexity index is 822. The first-order chi connectivity index (χ1) is 15.1. The van der Waals surface area contributed by atoms with Crippen molar-refractivity contribution < 1.29 is 19.1 Å². The number of hydrogen-bond acceptors (Lipinski definition) is 6. The Morgan fingerprint density at radius 2 is 1.35 bits per heavy atom. The molecule has 0 amide bonds. The standard InChI is InChI=1S/C22H29N3O4P2/c1-3-28-21(26)19(15-17-11-7-5-8-12-17)23-30-25-31-24-20(22(27)29-4-2)16-18-13-9-6-10-14-18/h5-14,19-20,23,30H,3-4,15-16H2,1-2H3,(H,24,25). The molecule has 0 fully saturated rings. The molecule has 0 aromatic heterocycles. The summed E-state index contributed by atoms with van der Waals surface area (Å²) in [7, 11) is 0.508. The van der Waals surface area contributed by atoms with Gasteiger partial charge in [-0.2, -0.15) is 0 Å². The Labute approximate surface area is 187 Å². The van der Waals surface area contributed by atoms with Gasteiger partial charge >= 0.3 is 11.9 Å². The fourth-order valence-electron chi connectivity index (χ4n) is 2.79. The highest BCUT2D eigenvalue weighted by Crippen LogP contribution is 2.17. The second kappa shape index (κ2) is 14.8. The molecule has 0 bridgehead atoms. The van der Waals surface area contributed by atoms with Crippen molar-refractivity contribution in [2.45, 2.75) is 38.8 Å². The van der Waals surface area contributed by atoms with E-state index in [1.165, 1.54) is 0 Å². The quantitative estimate of drug-likeness (QED) is 0.345. The minimum absolute atomic E-state index is 0.0294. The lowest BCUT2D eigenvalue weighted by Crippen LogP contribution is -2.35. The summed E-state index contributed by atoms with van der Waals surface area (Å²) in [5.41, 5.74) is 2.08. The molecular formula is C22H29N3O4P2. The van der Waals surface area contributed by atoms with Gasteiger partial charge < -0.3 is 9.47 Å². The van der Waals surface area contributed by atoms with Crippen molar-refractivity contribution in [3.8, 4) is 0 Å². The van der Waals surface area contributed by atoms with E-state index in [2.05, 4.69) is 14.7 Å². The summed E-state index contributed by atoms with van der Waals surface area (Å²) in [4.78, 5) is 24.6. The molecule has 7 nitrogen and oxygen atoms in total. The summed E-state index contributed by atoms with van der Waals surface area (Å²) >= 11 is 0. The topological polar surface area (TPSA) is 89.0 Å². The zero-order valence-electron chi connectivity index (χ0n) is 17.8. The molecule has 9 heteroatoms. The normalized spacial score (nSPS) is 13.4. The predicted molar refractivity (Wildman–Crippen MR) is 125 cm³/mol. The van der Waals surface area contributed by atoms with E-state index in [4.69, 9.17) is 9.47 Å². The highest BCUT2D eigenvalue weighted by molar-refractivity contribution is 7.42. The number of rotatable bonds is 13. The van der Waals surface area contributed by atoms with E-state index in [1.54, 1.807) is 13.8 Å². The summed E-state index contributed by atoms with van der Waals surface area (Å²) in [6.07, 6.45) is 1.03. The van der Waals surface area contributed by atoms with Crippen molar-refractivity contribution in [3.63, 3.8) is 0 Å². The molecule has 0 aliphatic rings. The maximum Gasteiger partial charge on any atom is 0.324 e. The third kappa shape index (κ3) is 9.67. The van der Waals surface area contributed by atoms with Gasteiger partial charge in [0.05, 0.1) is 30.6 Å². The Morgan fingerprint density at radius 3 is 1.87 bits per heavy atom. The van der Waals surface area contributed by atoms with Crippen LogP contribution in [0.5, 0.6) is 0 Å². The number of nitrogens with zero attached hydrogens (tertiary/aromatic N) is 1. The molecule has 3 atom stereocenters. The third-order valence-electron chi connectivity index (χ3n) is 4.26. The molecule has 0 heterocycles. The van der Waals surface area contributed by atoms with Crippen molar-refractivity contribution in [2.75, 3.05) is 13.2 Å². The van der Waals surface area contributed by atoms with Gasteiger partial charge in [0.25, 0.3) is 0 Å². The first kappa shape index (κ1) is 25.1. The molecule has 2 aromatic rings. The van der Waals surface area contributed by atoms with Crippen molar-refractivity contribution in [1.29, 1.82) is 0 Å². The Kier molecular flexibility index (Phi) is 12.0. The molecule has 0 aliphatic carbocycles. The van der Waals surface area contributed by atoms with Crippen LogP contribution in [0, 0.1) is 0 Å². The van der Waals surface area contributed by atoms with Crippen LogP contribution in [0.15, 0.2) is 65.2 Å². The van der Waals surface area contributed by atoms with Crippen LogP contribution in [0.3, 0.4) is 0 Å². The number of carbonyl (C=O) groups excluding carboxylic acids is 2. The zero-order valence-corrected chi connectivity index (χ0v) is 19.7. The van der Waals surface area contributed by atoms with Gasteiger partial charge in [0, 0.05) is 0 Å². The monoisotopic (exact) mass is 461 g/mol. The molecular weight excluding hydrogens is 432 g/mol. The molecule has 2 N–H and O–H groups in total. The first-order valence-corrected chi connectivity index (χ1v) is 12.0. The summed E-state index contributed by atoms with van der Waals surface area (Å²) < 4.78 is 14.7. The van der Waals surface area contributed by atoms with E-state index >= 15 is 0 Å². The lowest BCUT2D eigenvalue weighted by Gasteiger charge is -2.16. The predicted octanol–water partition coefficient (Wildman–Crippen LogP) is 4.07. The van der Waals surface area contributed by atoms with Gasteiger partial charge in [-0.3, -0.25) is 14.7 Å². The van der Waals surface area contributed by atoms with Crippen molar-refractivity contribution in [2.24, 2.45) is 4.52 Å². The van der Waals surface area contributed by atoms with Gasteiger partial charge in [0.2, 0.25) is 0 Å². The lowest BCUT2D eigenvalue weighted by molar-refractivity contribution is -0.145. The Morgan fingerprint density at radius 1 is 0.871 bits per heavy atom. The highest BCUT2D eigenvalue weighted by Gasteiger charge is 2.21. The number of benzene rings is 2.